The summed E-state index contributed by atoms with van der Waals surface area (Å²) in [4.78, 5) is 14.6. The fraction of sp³-hybridized carbons (Fsp3) is 0.444. The molecule has 2 aromatic rings. The van der Waals surface area contributed by atoms with E-state index in [2.05, 4.69) is 10.1 Å². The van der Waals surface area contributed by atoms with Crippen molar-refractivity contribution in [3.63, 3.8) is 0 Å². The lowest BCUT2D eigenvalue weighted by Gasteiger charge is -2.39. The second-order valence-electron chi connectivity index (χ2n) is 6.66. The zero-order chi connectivity index (χ0) is 17.4. The standard InChI is InChI=1S/C18H20ClN3O3/c19-12-1-2-14-15(9-12)18(25-17(14)16(23)10-20)4-6-22(7-5-18)11-13-3-8-24-21-13/h1-3,8-9,17H,4-7,10-11,20H2/t17-/m0/s1. The Kier molecular flexibility index (Phi) is 4.37. The van der Waals surface area contributed by atoms with Crippen LogP contribution >= 0.6 is 11.6 Å². The lowest BCUT2D eigenvalue weighted by Crippen LogP contribution is -2.42. The molecule has 1 atom stereocenters. The van der Waals surface area contributed by atoms with Crippen LogP contribution in [0.1, 0.15) is 35.8 Å². The predicted molar refractivity (Wildman–Crippen MR) is 92.0 cm³/mol. The fourth-order valence-corrected chi connectivity index (χ4v) is 4.03. The van der Waals surface area contributed by atoms with Gasteiger partial charge >= 0.3 is 0 Å². The van der Waals surface area contributed by atoms with Gasteiger partial charge < -0.3 is 15.0 Å². The van der Waals surface area contributed by atoms with Crippen LogP contribution in [0.5, 0.6) is 0 Å². The second kappa shape index (κ2) is 6.53. The number of ether oxygens (including phenoxy) is 1. The first-order valence-corrected chi connectivity index (χ1v) is 8.81. The van der Waals surface area contributed by atoms with Gasteiger partial charge in [0.25, 0.3) is 0 Å². The number of likely N-dealkylation sites (tertiary alicyclic amines) is 1. The van der Waals surface area contributed by atoms with Gasteiger partial charge in [0.15, 0.2) is 5.78 Å². The maximum absolute atomic E-state index is 12.3. The number of hydrogen-bond acceptors (Lipinski definition) is 6. The first kappa shape index (κ1) is 16.7. The molecule has 6 nitrogen and oxygen atoms in total. The summed E-state index contributed by atoms with van der Waals surface area (Å²) in [6, 6.07) is 7.52. The zero-order valence-electron chi connectivity index (χ0n) is 13.8. The van der Waals surface area contributed by atoms with Crippen LogP contribution in [0, 0.1) is 0 Å². The molecule has 1 fully saturated rings. The number of nitrogens with zero attached hydrogens (tertiary/aromatic N) is 2. The summed E-state index contributed by atoms with van der Waals surface area (Å²) in [6.07, 6.45) is 2.60. The Bertz CT molecular complexity index is 770. The topological polar surface area (TPSA) is 81.6 Å². The molecule has 2 N–H and O–H groups in total. The van der Waals surface area contributed by atoms with Gasteiger partial charge in [-0.15, -0.1) is 0 Å². The van der Waals surface area contributed by atoms with Gasteiger partial charge in [-0.3, -0.25) is 9.69 Å². The van der Waals surface area contributed by atoms with Gasteiger partial charge in [-0.25, -0.2) is 0 Å². The molecular formula is C18H20ClN3O3. The molecule has 2 aliphatic heterocycles. The minimum absolute atomic E-state index is 0.0267. The number of fused-ring (bicyclic) bond motifs is 2. The third-order valence-electron chi connectivity index (χ3n) is 5.17. The largest absolute Gasteiger partial charge is 0.364 e. The number of benzene rings is 1. The van der Waals surface area contributed by atoms with E-state index >= 15 is 0 Å². The predicted octanol–water partition coefficient (Wildman–Crippen LogP) is 2.42. The lowest BCUT2D eigenvalue weighted by molar-refractivity contribution is -0.147. The Hall–Kier alpha value is -1.73. The summed E-state index contributed by atoms with van der Waals surface area (Å²) >= 11 is 6.22. The summed E-state index contributed by atoms with van der Waals surface area (Å²) in [5.74, 6) is -0.0922. The van der Waals surface area contributed by atoms with Crippen molar-refractivity contribution in [3.05, 3.63) is 52.4 Å². The highest BCUT2D eigenvalue weighted by Gasteiger charge is 2.48. The third kappa shape index (κ3) is 3.00. The van der Waals surface area contributed by atoms with Crippen LogP contribution in [0.3, 0.4) is 0 Å². The van der Waals surface area contributed by atoms with E-state index in [-0.39, 0.29) is 12.3 Å². The normalized spacial score (nSPS) is 22.2. The second-order valence-corrected chi connectivity index (χ2v) is 7.10. The quantitative estimate of drug-likeness (QED) is 0.900. The van der Waals surface area contributed by atoms with E-state index in [9.17, 15) is 4.79 Å². The number of rotatable bonds is 4. The molecule has 0 unspecified atom stereocenters. The van der Waals surface area contributed by atoms with Crippen LogP contribution in [0.15, 0.2) is 35.1 Å². The van der Waals surface area contributed by atoms with Gasteiger partial charge in [-0.1, -0.05) is 22.8 Å². The van der Waals surface area contributed by atoms with E-state index < -0.39 is 11.7 Å². The molecule has 25 heavy (non-hydrogen) atoms. The molecule has 0 saturated carbocycles. The van der Waals surface area contributed by atoms with Crippen molar-refractivity contribution in [2.45, 2.75) is 31.1 Å². The summed E-state index contributed by atoms with van der Waals surface area (Å²) < 4.78 is 11.2. The van der Waals surface area contributed by atoms with Crippen molar-refractivity contribution < 1.29 is 14.1 Å². The Balaban J connectivity index is 1.56. The number of Topliss-reactive ketones (excluding diaryl/α,β-unsaturated/α-hetero) is 1. The number of carbonyl (C=O) groups is 1. The minimum Gasteiger partial charge on any atom is -0.364 e. The summed E-state index contributed by atoms with van der Waals surface area (Å²) in [6.45, 7) is 2.42. The number of halogens is 1. The average molecular weight is 362 g/mol. The van der Waals surface area contributed by atoms with E-state index in [1.807, 2.05) is 18.2 Å². The van der Waals surface area contributed by atoms with E-state index in [0.29, 0.717) is 5.02 Å². The molecule has 0 bridgehead atoms. The number of piperidine rings is 1. The van der Waals surface area contributed by atoms with E-state index in [1.165, 1.54) is 0 Å². The van der Waals surface area contributed by atoms with Crippen molar-refractivity contribution in [2.75, 3.05) is 19.6 Å². The van der Waals surface area contributed by atoms with Gasteiger partial charge in [0.2, 0.25) is 0 Å². The number of ketones is 1. The van der Waals surface area contributed by atoms with Crippen molar-refractivity contribution in [3.8, 4) is 0 Å². The van der Waals surface area contributed by atoms with Gasteiger partial charge in [-0.2, -0.15) is 0 Å². The number of carbonyl (C=O) groups excluding carboxylic acids is 1. The van der Waals surface area contributed by atoms with Crippen LogP contribution in [0.2, 0.25) is 5.02 Å². The average Bonchev–Trinajstić information content (AvgIpc) is 3.23. The summed E-state index contributed by atoms with van der Waals surface area (Å²) in [5.41, 5.74) is 7.97. The van der Waals surface area contributed by atoms with Crippen molar-refractivity contribution in [1.82, 2.24) is 10.1 Å². The van der Waals surface area contributed by atoms with E-state index in [1.54, 1.807) is 12.3 Å². The Morgan fingerprint density at radius 2 is 2.16 bits per heavy atom. The summed E-state index contributed by atoms with van der Waals surface area (Å²) in [5, 5.41) is 4.63. The van der Waals surface area contributed by atoms with Gasteiger partial charge in [0.05, 0.1) is 17.8 Å². The Labute approximate surface area is 150 Å². The molecule has 1 aromatic carbocycles. The molecule has 4 rings (SSSR count). The molecule has 1 aromatic heterocycles. The van der Waals surface area contributed by atoms with Gasteiger partial charge in [-0.05, 0) is 36.1 Å². The molecule has 0 radical (unpaired) electrons. The van der Waals surface area contributed by atoms with Crippen LogP contribution in [0.4, 0.5) is 0 Å². The molecule has 0 aliphatic carbocycles. The maximum Gasteiger partial charge on any atom is 0.179 e. The monoisotopic (exact) mass is 361 g/mol. The molecule has 2 aliphatic rings. The summed E-state index contributed by atoms with van der Waals surface area (Å²) in [7, 11) is 0. The smallest absolute Gasteiger partial charge is 0.179 e. The fourth-order valence-electron chi connectivity index (χ4n) is 3.86. The van der Waals surface area contributed by atoms with Crippen LogP contribution < -0.4 is 5.73 Å². The molecule has 1 spiro atoms. The zero-order valence-corrected chi connectivity index (χ0v) is 14.5. The SMILES string of the molecule is NCC(=O)[C@H]1OC2(CCN(Cc3ccon3)CC2)c2cc(Cl)ccc21. The van der Waals surface area contributed by atoms with Crippen LogP contribution in [-0.2, 0) is 21.7 Å². The minimum atomic E-state index is -0.584. The molecule has 132 valence electrons. The van der Waals surface area contributed by atoms with E-state index in [4.69, 9.17) is 26.6 Å². The maximum atomic E-state index is 12.3. The van der Waals surface area contributed by atoms with Crippen molar-refractivity contribution >= 4 is 17.4 Å². The Morgan fingerprint density at radius 1 is 1.36 bits per heavy atom. The van der Waals surface area contributed by atoms with Gasteiger partial charge in [0.1, 0.15) is 12.4 Å². The number of hydrogen-bond donors (Lipinski definition) is 1. The highest BCUT2D eigenvalue weighted by molar-refractivity contribution is 6.30. The van der Waals surface area contributed by atoms with Crippen LogP contribution in [0.25, 0.3) is 0 Å². The van der Waals surface area contributed by atoms with Gasteiger partial charge in [0, 0.05) is 30.7 Å². The lowest BCUT2D eigenvalue weighted by atomic mass is 9.83. The highest BCUT2D eigenvalue weighted by atomic mass is 35.5. The van der Waals surface area contributed by atoms with Crippen molar-refractivity contribution in [2.24, 2.45) is 5.73 Å². The molecule has 7 heteroatoms. The first-order chi connectivity index (χ1) is 12.1. The van der Waals surface area contributed by atoms with E-state index in [0.717, 1.165) is 49.3 Å². The molecular weight excluding hydrogens is 342 g/mol. The number of nitrogens with two attached hydrogens (primary N) is 1. The molecule has 1 saturated heterocycles. The third-order valence-corrected chi connectivity index (χ3v) is 5.40. The Morgan fingerprint density at radius 3 is 2.84 bits per heavy atom. The number of aromatic nitrogens is 1. The van der Waals surface area contributed by atoms with Crippen molar-refractivity contribution in [1.29, 1.82) is 0 Å². The molecule has 3 heterocycles. The molecule has 0 amide bonds. The highest BCUT2D eigenvalue weighted by Crippen LogP contribution is 2.50. The first-order valence-electron chi connectivity index (χ1n) is 8.43. The van der Waals surface area contributed by atoms with Crippen LogP contribution in [-0.4, -0.2) is 35.5 Å².